The van der Waals surface area contributed by atoms with Crippen LogP contribution >= 0.6 is 22.9 Å². The molecule has 0 spiro atoms. The number of halogens is 1. The van der Waals surface area contributed by atoms with Crippen molar-refractivity contribution in [1.29, 1.82) is 0 Å². The van der Waals surface area contributed by atoms with Gasteiger partial charge in [0, 0.05) is 22.8 Å². The molecule has 2 heterocycles. The van der Waals surface area contributed by atoms with Crippen LogP contribution in [-0.2, 0) is 5.54 Å². The SMILES string of the molecule is CC(C)c1cc(C(=O)NC(C)(C)c2nccs2)cc(Cl)n1. The van der Waals surface area contributed by atoms with Crippen LogP contribution < -0.4 is 5.32 Å². The van der Waals surface area contributed by atoms with E-state index >= 15 is 0 Å². The van der Waals surface area contributed by atoms with Gasteiger partial charge in [-0.05, 0) is 31.9 Å². The number of nitrogens with one attached hydrogen (secondary N) is 1. The summed E-state index contributed by atoms with van der Waals surface area (Å²) in [6, 6.07) is 3.37. The molecule has 1 amide bonds. The molecule has 4 nitrogen and oxygen atoms in total. The van der Waals surface area contributed by atoms with Crippen molar-refractivity contribution in [3.8, 4) is 0 Å². The van der Waals surface area contributed by atoms with Crippen LogP contribution in [0.2, 0.25) is 5.15 Å². The van der Waals surface area contributed by atoms with Crippen LogP contribution in [0, 0.1) is 0 Å². The molecular formula is C15H18ClN3OS. The molecule has 21 heavy (non-hydrogen) atoms. The molecule has 0 bridgehead atoms. The Hall–Kier alpha value is -1.46. The minimum Gasteiger partial charge on any atom is -0.341 e. The molecule has 0 atom stereocenters. The van der Waals surface area contributed by atoms with Crippen molar-refractivity contribution < 1.29 is 4.79 Å². The van der Waals surface area contributed by atoms with Gasteiger partial charge in [0.1, 0.15) is 10.2 Å². The van der Waals surface area contributed by atoms with Crippen LogP contribution in [0.5, 0.6) is 0 Å². The highest BCUT2D eigenvalue weighted by Crippen LogP contribution is 2.23. The van der Waals surface area contributed by atoms with E-state index in [4.69, 9.17) is 11.6 Å². The lowest BCUT2D eigenvalue weighted by Crippen LogP contribution is -2.41. The second-order valence-electron chi connectivity index (χ2n) is 5.67. The van der Waals surface area contributed by atoms with Crippen molar-refractivity contribution >= 4 is 28.8 Å². The maximum absolute atomic E-state index is 12.5. The zero-order valence-electron chi connectivity index (χ0n) is 12.5. The van der Waals surface area contributed by atoms with E-state index in [2.05, 4.69) is 15.3 Å². The van der Waals surface area contributed by atoms with E-state index in [-0.39, 0.29) is 11.8 Å². The zero-order valence-corrected chi connectivity index (χ0v) is 14.0. The zero-order chi connectivity index (χ0) is 15.6. The average molecular weight is 324 g/mol. The number of aromatic nitrogens is 2. The molecule has 0 saturated carbocycles. The van der Waals surface area contributed by atoms with Gasteiger partial charge in [-0.3, -0.25) is 4.79 Å². The van der Waals surface area contributed by atoms with Crippen molar-refractivity contribution in [2.45, 2.75) is 39.2 Å². The molecule has 0 aliphatic rings. The highest BCUT2D eigenvalue weighted by molar-refractivity contribution is 7.09. The van der Waals surface area contributed by atoms with E-state index in [1.54, 1.807) is 18.3 Å². The van der Waals surface area contributed by atoms with Gasteiger partial charge in [-0.1, -0.05) is 25.4 Å². The van der Waals surface area contributed by atoms with Crippen LogP contribution in [-0.4, -0.2) is 15.9 Å². The van der Waals surface area contributed by atoms with Crippen LogP contribution in [0.25, 0.3) is 0 Å². The van der Waals surface area contributed by atoms with E-state index in [1.807, 2.05) is 33.1 Å². The van der Waals surface area contributed by atoms with Crippen LogP contribution in [0.4, 0.5) is 0 Å². The molecule has 2 rings (SSSR count). The van der Waals surface area contributed by atoms with Crippen LogP contribution in [0.3, 0.4) is 0 Å². The fraction of sp³-hybridized carbons (Fsp3) is 0.400. The van der Waals surface area contributed by atoms with E-state index < -0.39 is 5.54 Å². The summed E-state index contributed by atoms with van der Waals surface area (Å²) in [7, 11) is 0. The Bertz CT molecular complexity index is 638. The van der Waals surface area contributed by atoms with E-state index in [1.165, 1.54) is 11.3 Å². The molecule has 112 valence electrons. The summed E-state index contributed by atoms with van der Waals surface area (Å²) in [4.78, 5) is 21.0. The Morgan fingerprint density at radius 1 is 1.38 bits per heavy atom. The van der Waals surface area contributed by atoms with Gasteiger partial charge in [0.25, 0.3) is 5.91 Å². The smallest absolute Gasteiger partial charge is 0.252 e. The Morgan fingerprint density at radius 2 is 2.10 bits per heavy atom. The number of thiazole rings is 1. The highest BCUT2D eigenvalue weighted by atomic mass is 35.5. The molecule has 2 aromatic heterocycles. The topological polar surface area (TPSA) is 54.9 Å². The Morgan fingerprint density at radius 3 is 2.67 bits per heavy atom. The quantitative estimate of drug-likeness (QED) is 0.866. The number of hydrogen-bond acceptors (Lipinski definition) is 4. The molecule has 0 radical (unpaired) electrons. The third-order valence-electron chi connectivity index (χ3n) is 3.06. The summed E-state index contributed by atoms with van der Waals surface area (Å²) in [6.07, 6.45) is 1.73. The largest absolute Gasteiger partial charge is 0.341 e. The fourth-order valence-electron chi connectivity index (χ4n) is 1.89. The molecule has 0 aliphatic carbocycles. The summed E-state index contributed by atoms with van der Waals surface area (Å²) in [5.41, 5.74) is 0.793. The monoisotopic (exact) mass is 323 g/mol. The minimum atomic E-state index is -0.529. The summed E-state index contributed by atoms with van der Waals surface area (Å²) < 4.78 is 0. The number of rotatable bonds is 4. The number of carbonyl (C=O) groups excluding carboxylic acids is 1. The van der Waals surface area contributed by atoms with Crippen molar-refractivity contribution in [3.63, 3.8) is 0 Å². The lowest BCUT2D eigenvalue weighted by atomic mass is 10.0. The third kappa shape index (κ3) is 3.80. The first kappa shape index (κ1) is 15.9. The average Bonchev–Trinajstić information content (AvgIpc) is 2.92. The maximum atomic E-state index is 12.5. The summed E-state index contributed by atoms with van der Waals surface area (Å²) >= 11 is 7.52. The minimum absolute atomic E-state index is 0.179. The fourth-order valence-corrected chi connectivity index (χ4v) is 2.82. The molecule has 0 unspecified atom stereocenters. The van der Waals surface area contributed by atoms with Gasteiger partial charge in [0.05, 0.1) is 5.54 Å². The lowest BCUT2D eigenvalue weighted by Gasteiger charge is -2.24. The molecular weight excluding hydrogens is 306 g/mol. The van der Waals surface area contributed by atoms with Crippen molar-refractivity contribution in [3.05, 3.63) is 45.1 Å². The first-order valence-electron chi connectivity index (χ1n) is 6.69. The van der Waals surface area contributed by atoms with Crippen molar-refractivity contribution in [2.75, 3.05) is 0 Å². The number of pyridine rings is 1. The summed E-state index contributed by atoms with van der Waals surface area (Å²) in [5.74, 6) is 0.0311. The van der Waals surface area contributed by atoms with Crippen LogP contribution in [0.1, 0.15) is 54.7 Å². The van der Waals surface area contributed by atoms with Gasteiger partial charge in [0.15, 0.2) is 0 Å². The van der Waals surface area contributed by atoms with E-state index in [0.29, 0.717) is 10.7 Å². The first-order valence-corrected chi connectivity index (χ1v) is 7.95. The standard InChI is InChI=1S/C15H18ClN3OS/c1-9(2)11-7-10(8-12(16)18-11)13(20)19-15(3,4)14-17-5-6-21-14/h5-9H,1-4H3,(H,19,20). The summed E-state index contributed by atoms with van der Waals surface area (Å²) in [6.45, 7) is 7.88. The first-order chi connectivity index (χ1) is 9.79. The number of nitrogens with zero attached hydrogens (tertiary/aromatic N) is 2. The summed E-state index contributed by atoms with van der Waals surface area (Å²) in [5, 5.41) is 6.08. The van der Waals surface area contributed by atoms with Gasteiger partial charge in [-0.15, -0.1) is 11.3 Å². The highest BCUT2D eigenvalue weighted by Gasteiger charge is 2.26. The molecule has 0 fully saturated rings. The second-order valence-corrected chi connectivity index (χ2v) is 6.96. The number of carbonyl (C=O) groups is 1. The predicted molar refractivity (Wildman–Crippen MR) is 85.9 cm³/mol. The predicted octanol–water partition coefficient (Wildman–Crippen LogP) is 3.98. The van der Waals surface area contributed by atoms with Crippen molar-refractivity contribution in [1.82, 2.24) is 15.3 Å². The van der Waals surface area contributed by atoms with Gasteiger partial charge in [-0.25, -0.2) is 9.97 Å². The Labute approximate surface area is 133 Å². The van der Waals surface area contributed by atoms with Gasteiger partial charge >= 0.3 is 0 Å². The van der Waals surface area contributed by atoms with Gasteiger partial charge in [0.2, 0.25) is 0 Å². The van der Waals surface area contributed by atoms with Crippen molar-refractivity contribution in [2.24, 2.45) is 0 Å². The van der Waals surface area contributed by atoms with Crippen LogP contribution in [0.15, 0.2) is 23.7 Å². The Balaban J connectivity index is 2.25. The molecule has 0 aromatic carbocycles. The molecule has 1 N–H and O–H groups in total. The van der Waals surface area contributed by atoms with Gasteiger partial charge in [-0.2, -0.15) is 0 Å². The number of amides is 1. The normalized spacial score (nSPS) is 11.7. The molecule has 6 heteroatoms. The number of hydrogen-bond donors (Lipinski definition) is 1. The lowest BCUT2D eigenvalue weighted by molar-refractivity contribution is 0.0911. The molecule has 0 aliphatic heterocycles. The van der Waals surface area contributed by atoms with Gasteiger partial charge < -0.3 is 5.32 Å². The molecule has 0 saturated heterocycles. The maximum Gasteiger partial charge on any atom is 0.252 e. The van der Waals surface area contributed by atoms with E-state index in [0.717, 1.165) is 10.7 Å². The van der Waals surface area contributed by atoms with E-state index in [9.17, 15) is 4.79 Å². The molecule has 2 aromatic rings. The third-order valence-corrected chi connectivity index (χ3v) is 4.35. The Kier molecular flexibility index (Phi) is 4.64. The second kappa shape index (κ2) is 6.12.